The van der Waals surface area contributed by atoms with Crippen LogP contribution in [-0.2, 0) is 16.0 Å². The smallest absolute Gasteiger partial charge is 0.234 e. The van der Waals surface area contributed by atoms with E-state index in [2.05, 4.69) is 39.5 Å². The summed E-state index contributed by atoms with van der Waals surface area (Å²) in [6.45, 7) is 9.54. The summed E-state index contributed by atoms with van der Waals surface area (Å²) in [5.41, 5.74) is 2.54. The minimum atomic E-state index is 0.0740. The van der Waals surface area contributed by atoms with Gasteiger partial charge in [0.1, 0.15) is 0 Å². The van der Waals surface area contributed by atoms with Crippen LogP contribution in [0.4, 0.5) is 0 Å². The predicted molar refractivity (Wildman–Crippen MR) is 99.5 cm³/mol. The maximum atomic E-state index is 12.1. The molecule has 0 radical (unpaired) electrons. The molecule has 2 rings (SSSR count). The summed E-state index contributed by atoms with van der Waals surface area (Å²) < 4.78 is 0. The molecule has 0 bridgehead atoms. The minimum absolute atomic E-state index is 0.0740. The van der Waals surface area contributed by atoms with E-state index in [9.17, 15) is 9.59 Å². The molecule has 1 fully saturated rings. The zero-order chi connectivity index (χ0) is 18.1. The van der Waals surface area contributed by atoms with Gasteiger partial charge in [0.05, 0.1) is 13.1 Å². The van der Waals surface area contributed by atoms with Gasteiger partial charge in [-0.15, -0.1) is 0 Å². The van der Waals surface area contributed by atoms with Crippen molar-refractivity contribution in [3.8, 4) is 0 Å². The normalized spacial score (nSPS) is 15.8. The van der Waals surface area contributed by atoms with Gasteiger partial charge in [-0.3, -0.25) is 19.4 Å². The number of carbonyl (C=O) groups excluding carboxylic acids is 2. The van der Waals surface area contributed by atoms with Crippen molar-refractivity contribution >= 4 is 11.8 Å². The summed E-state index contributed by atoms with van der Waals surface area (Å²) in [6, 6.07) is 8.26. The number of hydrogen-bond donors (Lipinski definition) is 2. The van der Waals surface area contributed by atoms with E-state index in [1.54, 1.807) is 0 Å². The van der Waals surface area contributed by atoms with Crippen molar-refractivity contribution in [3.63, 3.8) is 0 Å². The van der Waals surface area contributed by atoms with Crippen LogP contribution in [0.3, 0.4) is 0 Å². The molecule has 0 saturated carbocycles. The number of aryl methyl sites for hydroxylation is 1. The number of piperazine rings is 1. The zero-order valence-electron chi connectivity index (χ0n) is 15.4. The molecule has 1 saturated heterocycles. The van der Waals surface area contributed by atoms with Gasteiger partial charge in [0.15, 0.2) is 0 Å². The number of nitrogens with one attached hydrogen (secondary N) is 2. The molecular weight excluding hydrogens is 316 g/mol. The molecule has 0 aromatic heterocycles. The molecular formula is C19H30N4O2. The first-order chi connectivity index (χ1) is 12.1. The first-order valence-corrected chi connectivity index (χ1v) is 9.11. The highest BCUT2D eigenvalue weighted by Gasteiger charge is 2.20. The lowest BCUT2D eigenvalue weighted by molar-refractivity contribution is -0.124. The molecule has 0 spiro atoms. The van der Waals surface area contributed by atoms with Crippen LogP contribution in [-0.4, -0.2) is 74.0 Å². The van der Waals surface area contributed by atoms with Crippen molar-refractivity contribution in [1.82, 2.24) is 20.4 Å². The van der Waals surface area contributed by atoms with E-state index in [-0.39, 0.29) is 11.8 Å². The van der Waals surface area contributed by atoms with E-state index in [0.29, 0.717) is 26.2 Å². The number of benzene rings is 1. The van der Waals surface area contributed by atoms with Gasteiger partial charge < -0.3 is 10.6 Å². The van der Waals surface area contributed by atoms with Crippen molar-refractivity contribution < 1.29 is 9.59 Å². The summed E-state index contributed by atoms with van der Waals surface area (Å²) in [6.07, 6.45) is 0.860. The number of likely N-dealkylation sites (N-methyl/N-ethyl adjacent to an activating group) is 1. The molecule has 1 aromatic carbocycles. The highest BCUT2D eigenvalue weighted by molar-refractivity contribution is 5.78. The van der Waals surface area contributed by atoms with Crippen molar-refractivity contribution in [2.45, 2.75) is 20.3 Å². The average molecular weight is 346 g/mol. The van der Waals surface area contributed by atoms with Crippen LogP contribution in [0.25, 0.3) is 0 Å². The van der Waals surface area contributed by atoms with Crippen molar-refractivity contribution in [2.24, 2.45) is 0 Å². The Bertz CT molecular complexity index is 568. The van der Waals surface area contributed by atoms with E-state index in [0.717, 1.165) is 32.6 Å². The van der Waals surface area contributed by atoms with Gasteiger partial charge in [0, 0.05) is 39.3 Å². The number of hydrogen-bond acceptors (Lipinski definition) is 4. The lowest BCUT2D eigenvalue weighted by atomic mass is 10.1. The fourth-order valence-corrected chi connectivity index (χ4v) is 3.05. The van der Waals surface area contributed by atoms with E-state index in [4.69, 9.17) is 0 Å². The Morgan fingerprint density at radius 1 is 0.960 bits per heavy atom. The Morgan fingerprint density at radius 3 is 2.08 bits per heavy atom. The van der Waals surface area contributed by atoms with Crippen LogP contribution < -0.4 is 10.6 Å². The summed E-state index contributed by atoms with van der Waals surface area (Å²) in [5, 5.41) is 5.83. The largest absolute Gasteiger partial charge is 0.355 e. The molecule has 6 heteroatoms. The molecule has 0 atom stereocenters. The highest BCUT2D eigenvalue weighted by Crippen LogP contribution is 2.07. The number of nitrogens with zero attached hydrogens (tertiary/aromatic N) is 2. The summed E-state index contributed by atoms with van der Waals surface area (Å²) in [4.78, 5) is 28.0. The van der Waals surface area contributed by atoms with Crippen molar-refractivity contribution in [3.05, 3.63) is 35.4 Å². The molecule has 0 unspecified atom stereocenters. The zero-order valence-corrected chi connectivity index (χ0v) is 15.4. The van der Waals surface area contributed by atoms with Gasteiger partial charge in [-0.2, -0.15) is 0 Å². The first-order valence-electron chi connectivity index (χ1n) is 9.11. The third-order valence-corrected chi connectivity index (χ3v) is 4.55. The predicted octanol–water partition coefficient (Wildman–Crippen LogP) is 0.407. The molecule has 0 aliphatic carbocycles. The molecule has 1 aliphatic rings. The van der Waals surface area contributed by atoms with Crippen LogP contribution >= 0.6 is 0 Å². The van der Waals surface area contributed by atoms with Gasteiger partial charge in [-0.05, 0) is 31.4 Å². The first kappa shape index (κ1) is 19.4. The fourth-order valence-electron chi connectivity index (χ4n) is 3.05. The van der Waals surface area contributed by atoms with E-state index in [1.807, 2.05) is 19.1 Å². The molecule has 2 amide bonds. The van der Waals surface area contributed by atoms with Gasteiger partial charge in [0.25, 0.3) is 0 Å². The van der Waals surface area contributed by atoms with Gasteiger partial charge >= 0.3 is 0 Å². The summed E-state index contributed by atoms with van der Waals surface area (Å²) >= 11 is 0. The SMILES string of the molecule is CCNC(=O)CN1CCN(CC(=O)NCCc2ccccc2C)CC1. The topological polar surface area (TPSA) is 64.7 Å². The third-order valence-electron chi connectivity index (χ3n) is 4.55. The Kier molecular flexibility index (Phi) is 7.88. The Hall–Kier alpha value is -1.92. The van der Waals surface area contributed by atoms with Crippen LogP contribution in [0.2, 0.25) is 0 Å². The maximum absolute atomic E-state index is 12.1. The second-order valence-electron chi connectivity index (χ2n) is 6.53. The number of amides is 2. The van der Waals surface area contributed by atoms with Crippen molar-refractivity contribution in [2.75, 3.05) is 52.4 Å². The molecule has 138 valence electrons. The van der Waals surface area contributed by atoms with Crippen LogP contribution in [0.15, 0.2) is 24.3 Å². The van der Waals surface area contributed by atoms with E-state index < -0.39 is 0 Å². The highest BCUT2D eigenvalue weighted by atomic mass is 16.2. The Morgan fingerprint density at radius 2 is 1.52 bits per heavy atom. The van der Waals surface area contributed by atoms with E-state index >= 15 is 0 Å². The lowest BCUT2D eigenvalue weighted by Crippen LogP contribution is -2.51. The molecule has 1 aromatic rings. The molecule has 2 N–H and O–H groups in total. The number of carbonyl (C=O) groups is 2. The lowest BCUT2D eigenvalue weighted by Gasteiger charge is -2.33. The Balaban J connectivity index is 1.62. The maximum Gasteiger partial charge on any atom is 0.234 e. The summed E-state index contributed by atoms with van der Waals surface area (Å²) in [5.74, 6) is 0.149. The van der Waals surface area contributed by atoms with Gasteiger partial charge in [-0.25, -0.2) is 0 Å². The van der Waals surface area contributed by atoms with Crippen molar-refractivity contribution in [1.29, 1.82) is 0 Å². The molecule has 1 aliphatic heterocycles. The van der Waals surface area contributed by atoms with Gasteiger partial charge in [-0.1, -0.05) is 24.3 Å². The minimum Gasteiger partial charge on any atom is -0.355 e. The number of rotatable bonds is 8. The third kappa shape index (κ3) is 6.84. The quantitative estimate of drug-likeness (QED) is 0.716. The Labute approximate surface area is 150 Å². The monoisotopic (exact) mass is 346 g/mol. The van der Waals surface area contributed by atoms with E-state index in [1.165, 1.54) is 11.1 Å². The standard InChI is InChI=1S/C19H30N4O2/c1-3-20-18(24)14-22-10-12-23(13-11-22)15-19(25)21-9-8-17-7-5-4-6-16(17)2/h4-7H,3,8-15H2,1-2H3,(H,20,24)(H,21,25). The van der Waals surface area contributed by atoms with Crippen LogP contribution in [0.5, 0.6) is 0 Å². The van der Waals surface area contributed by atoms with Crippen LogP contribution in [0, 0.1) is 6.92 Å². The molecule has 25 heavy (non-hydrogen) atoms. The van der Waals surface area contributed by atoms with Crippen LogP contribution in [0.1, 0.15) is 18.1 Å². The molecule has 1 heterocycles. The fraction of sp³-hybridized carbons (Fsp3) is 0.579. The second kappa shape index (κ2) is 10.2. The van der Waals surface area contributed by atoms with Gasteiger partial charge in [0.2, 0.25) is 11.8 Å². The summed E-state index contributed by atoms with van der Waals surface area (Å²) in [7, 11) is 0. The average Bonchev–Trinajstić information content (AvgIpc) is 2.58. The second-order valence-corrected chi connectivity index (χ2v) is 6.53. The molecule has 6 nitrogen and oxygen atoms in total.